The molecule has 160 valence electrons. The van der Waals surface area contributed by atoms with E-state index in [1.807, 2.05) is 12.1 Å². The molecule has 0 spiro atoms. The van der Waals surface area contributed by atoms with Crippen LogP contribution in [-0.2, 0) is 11.3 Å². The van der Waals surface area contributed by atoms with Gasteiger partial charge in [-0.1, -0.05) is 18.6 Å². The van der Waals surface area contributed by atoms with Gasteiger partial charge in [0.25, 0.3) is 0 Å². The molecule has 3 fully saturated rings. The number of hydrogen-bond acceptors (Lipinski definition) is 4. The Hall–Kier alpha value is -1.59. The zero-order valence-electron chi connectivity index (χ0n) is 17.9. The van der Waals surface area contributed by atoms with Gasteiger partial charge in [0.15, 0.2) is 0 Å². The molecule has 5 heteroatoms. The number of carbonyl (C=O) groups is 1. The van der Waals surface area contributed by atoms with Crippen molar-refractivity contribution in [2.45, 2.75) is 70.0 Å². The monoisotopic (exact) mass is 399 g/mol. The Bertz CT molecular complexity index is 661. The molecule has 3 atom stereocenters. The summed E-state index contributed by atoms with van der Waals surface area (Å²) >= 11 is 0. The number of nitrogens with zero attached hydrogens (tertiary/aromatic N) is 2. The van der Waals surface area contributed by atoms with Crippen molar-refractivity contribution in [3.8, 4) is 5.75 Å². The third-order valence-electron chi connectivity index (χ3n) is 7.25. The molecule has 1 aromatic carbocycles. The first-order valence-electron chi connectivity index (χ1n) is 11.6. The summed E-state index contributed by atoms with van der Waals surface area (Å²) in [6.45, 7) is 5.36. The number of carbonyl (C=O) groups excluding carboxylic acids is 1. The molecule has 1 amide bonds. The molecule has 1 unspecified atom stereocenters. The summed E-state index contributed by atoms with van der Waals surface area (Å²) in [5, 5.41) is 3.56. The molecule has 0 aromatic heterocycles. The second kappa shape index (κ2) is 9.94. The van der Waals surface area contributed by atoms with E-state index in [9.17, 15) is 4.79 Å². The minimum absolute atomic E-state index is 0.387. The van der Waals surface area contributed by atoms with Crippen molar-refractivity contribution < 1.29 is 9.53 Å². The van der Waals surface area contributed by atoms with Gasteiger partial charge in [0.2, 0.25) is 5.91 Å². The van der Waals surface area contributed by atoms with Crippen LogP contribution in [0.3, 0.4) is 0 Å². The molecule has 0 radical (unpaired) electrons. The lowest BCUT2D eigenvalue weighted by atomic mass is 9.83. The number of rotatable bonds is 8. The Balaban J connectivity index is 1.25. The molecule has 5 nitrogen and oxygen atoms in total. The van der Waals surface area contributed by atoms with Crippen LogP contribution < -0.4 is 10.1 Å². The summed E-state index contributed by atoms with van der Waals surface area (Å²) in [6.07, 6.45) is 9.49. The number of ether oxygens (including phenoxy) is 1. The molecule has 29 heavy (non-hydrogen) atoms. The Kier molecular flexibility index (Phi) is 7.09. The first kappa shape index (κ1) is 20.7. The second-order valence-electron chi connectivity index (χ2n) is 9.05. The highest BCUT2D eigenvalue weighted by Gasteiger charge is 2.38. The van der Waals surface area contributed by atoms with Gasteiger partial charge in [0.1, 0.15) is 5.75 Å². The zero-order chi connectivity index (χ0) is 20.1. The number of likely N-dealkylation sites (tertiary alicyclic amines) is 1. The minimum atomic E-state index is 0.387. The molecule has 3 aliphatic heterocycles. The molecule has 4 rings (SSSR count). The third kappa shape index (κ3) is 5.13. The highest BCUT2D eigenvalue weighted by Crippen LogP contribution is 2.33. The normalized spacial score (nSPS) is 27.8. The maximum Gasteiger partial charge on any atom is 0.222 e. The maximum absolute atomic E-state index is 12.6. The van der Waals surface area contributed by atoms with E-state index < -0.39 is 0 Å². The molecule has 3 heterocycles. The fourth-order valence-electron chi connectivity index (χ4n) is 5.63. The number of piperidine rings is 2. The Morgan fingerprint density at radius 2 is 1.90 bits per heavy atom. The number of amides is 1. The van der Waals surface area contributed by atoms with Crippen molar-refractivity contribution in [1.82, 2.24) is 15.1 Å². The zero-order valence-corrected chi connectivity index (χ0v) is 17.9. The van der Waals surface area contributed by atoms with Gasteiger partial charge < -0.3 is 19.9 Å². The van der Waals surface area contributed by atoms with E-state index in [0.717, 1.165) is 50.7 Å². The van der Waals surface area contributed by atoms with Crippen molar-refractivity contribution in [1.29, 1.82) is 0 Å². The van der Waals surface area contributed by atoms with Crippen molar-refractivity contribution in [2.75, 3.05) is 33.3 Å². The molecule has 0 bridgehead atoms. The van der Waals surface area contributed by atoms with Crippen LogP contribution in [0.1, 0.15) is 56.9 Å². The van der Waals surface area contributed by atoms with Crippen LogP contribution in [0.2, 0.25) is 0 Å². The Morgan fingerprint density at radius 1 is 1.07 bits per heavy atom. The van der Waals surface area contributed by atoms with Crippen molar-refractivity contribution >= 4 is 5.91 Å². The van der Waals surface area contributed by atoms with Gasteiger partial charge >= 0.3 is 0 Å². The van der Waals surface area contributed by atoms with E-state index in [-0.39, 0.29) is 0 Å². The first-order chi connectivity index (χ1) is 14.2. The fourth-order valence-corrected chi connectivity index (χ4v) is 5.63. The molecule has 1 aromatic rings. The number of hydrogen-bond donors (Lipinski definition) is 1. The lowest BCUT2D eigenvalue weighted by molar-refractivity contribution is -0.130. The van der Waals surface area contributed by atoms with Crippen LogP contribution in [-0.4, -0.2) is 61.1 Å². The highest BCUT2D eigenvalue weighted by molar-refractivity contribution is 5.78. The van der Waals surface area contributed by atoms with Gasteiger partial charge in [-0.15, -0.1) is 0 Å². The van der Waals surface area contributed by atoms with E-state index in [1.54, 1.807) is 7.11 Å². The van der Waals surface area contributed by atoms with E-state index in [1.165, 1.54) is 50.8 Å². The van der Waals surface area contributed by atoms with Crippen LogP contribution >= 0.6 is 0 Å². The lowest BCUT2D eigenvalue weighted by Gasteiger charge is -2.46. The van der Waals surface area contributed by atoms with Crippen LogP contribution in [0.25, 0.3) is 0 Å². The quantitative estimate of drug-likeness (QED) is 0.680. The Morgan fingerprint density at radius 3 is 2.72 bits per heavy atom. The highest BCUT2D eigenvalue weighted by atomic mass is 16.5. The fraction of sp³-hybridized carbons (Fsp3) is 0.708. The van der Waals surface area contributed by atoms with E-state index in [2.05, 4.69) is 27.2 Å². The summed E-state index contributed by atoms with van der Waals surface area (Å²) in [4.78, 5) is 17.6. The number of fused-ring (bicyclic) bond motifs is 1. The first-order valence-corrected chi connectivity index (χ1v) is 11.6. The summed E-state index contributed by atoms with van der Waals surface area (Å²) < 4.78 is 5.22. The van der Waals surface area contributed by atoms with Gasteiger partial charge in [0, 0.05) is 31.6 Å². The smallest absolute Gasteiger partial charge is 0.222 e. The van der Waals surface area contributed by atoms with Gasteiger partial charge in [-0.2, -0.15) is 0 Å². The maximum atomic E-state index is 12.6. The summed E-state index contributed by atoms with van der Waals surface area (Å²) in [5.74, 6) is 1.96. The SMILES string of the molecule is COc1ccc(CNCCC2CCC(=O)N2C[C@@H]2CCCN3CCCC[C@H]23)cc1. The third-order valence-corrected chi connectivity index (χ3v) is 7.25. The van der Waals surface area contributed by atoms with Crippen molar-refractivity contribution in [3.63, 3.8) is 0 Å². The van der Waals surface area contributed by atoms with Crippen molar-refractivity contribution in [2.24, 2.45) is 5.92 Å². The summed E-state index contributed by atoms with van der Waals surface area (Å²) in [7, 11) is 1.70. The topological polar surface area (TPSA) is 44.8 Å². The van der Waals surface area contributed by atoms with E-state index in [0.29, 0.717) is 17.9 Å². The number of methoxy groups -OCH3 is 1. The average molecular weight is 400 g/mol. The lowest BCUT2D eigenvalue weighted by Crippen LogP contribution is -2.52. The van der Waals surface area contributed by atoms with Crippen LogP contribution in [0.15, 0.2) is 24.3 Å². The number of nitrogens with one attached hydrogen (secondary N) is 1. The molecular formula is C24H37N3O2. The largest absolute Gasteiger partial charge is 0.497 e. The second-order valence-corrected chi connectivity index (χ2v) is 9.05. The molecule has 3 saturated heterocycles. The number of benzene rings is 1. The summed E-state index contributed by atoms with van der Waals surface area (Å²) in [6, 6.07) is 9.37. The van der Waals surface area contributed by atoms with Gasteiger partial charge in [-0.3, -0.25) is 4.79 Å². The standard InChI is InChI=1S/C24H37N3O2/c1-29-22-10-7-19(8-11-22)17-25-14-13-21-9-12-24(28)27(21)18-20-5-4-16-26-15-3-2-6-23(20)26/h7-8,10-11,20-21,23,25H,2-6,9,12-18H2,1H3/t20-,21?,23+/m0/s1. The minimum Gasteiger partial charge on any atom is -0.497 e. The average Bonchev–Trinajstić information content (AvgIpc) is 3.11. The van der Waals surface area contributed by atoms with Gasteiger partial charge in [-0.05, 0) is 81.8 Å². The van der Waals surface area contributed by atoms with E-state index >= 15 is 0 Å². The van der Waals surface area contributed by atoms with Gasteiger partial charge in [-0.25, -0.2) is 0 Å². The molecule has 0 saturated carbocycles. The van der Waals surface area contributed by atoms with Crippen LogP contribution in [0, 0.1) is 5.92 Å². The molecule has 0 aliphatic carbocycles. The van der Waals surface area contributed by atoms with Gasteiger partial charge in [0.05, 0.1) is 7.11 Å². The van der Waals surface area contributed by atoms with Crippen molar-refractivity contribution in [3.05, 3.63) is 29.8 Å². The summed E-state index contributed by atoms with van der Waals surface area (Å²) in [5.41, 5.74) is 1.27. The molecule has 1 N–H and O–H groups in total. The van der Waals surface area contributed by atoms with E-state index in [4.69, 9.17) is 4.74 Å². The molecular weight excluding hydrogens is 362 g/mol. The Labute approximate surface area is 175 Å². The predicted octanol–water partition coefficient (Wildman–Crippen LogP) is 3.43. The predicted molar refractivity (Wildman–Crippen MR) is 116 cm³/mol. The molecule has 3 aliphatic rings. The van der Waals surface area contributed by atoms with Crippen LogP contribution in [0.4, 0.5) is 0 Å². The van der Waals surface area contributed by atoms with Crippen LogP contribution in [0.5, 0.6) is 5.75 Å².